The maximum atomic E-state index is 12.8. The van der Waals surface area contributed by atoms with Crippen molar-refractivity contribution >= 4 is 11.9 Å². The Balaban J connectivity index is 1.38. The van der Waals surface area contributed by atoms with Gasteiger partial charge in [-0.05, 0) is 25.7 Å². The molecular formula is C21H33N5O2. The summed E-state index contributed by atoms with van der Waals surface area (Å²) in [6.07, 6.45) is 10.2. The lowest BCUT2D eigenvalue weighted by Gasteiger charge is -2.31. The van der Waals surface area contributed by atoms with Crippen LogP contribution in [0, 0.1) is 0 Å². The van der Waals surface area contributed by atoms with E-state index in [1.54, 1.807) is 0 Å². The van der Waals surface area contributed by atoms with Crippen molar-refractivity contribution in [3.8, 4) is 0 Å². The molecule has 0 aromatic carbocycles. The van der Waals surface area contributed by atoms with E-state index in [4.69, 9.17) is 0 Å². The fourth-order valence-corrected chi connectivity index (χ4v) is 4.91. The molecule has 7 heteroatoms. The van der Waals surface area contributed by atoms with Gasteiger partial charge in [-0.25, -0.2) is 4.79 Å². The molecule has 1 aromatic heterocycles. The number of carbonyl (C=O) groups excluding carboxylic acids is 2. The molecule has 3 amide bonds. The summed E-state index contributed by atoms with van der Waals surface area (Å²) in [5, 5.41) is 7.92. The van der Waals surface area contributed by atoms with Crippen molar-refractivity contribution in [2.24, 2.45) is 7.05 Å². The molecule has 0 unspecified atom stereocenters. The zero-order valence-corrected chi connectivity index (χ0v) is 17.1. The molecule has 0 radical (unpaired) electrons. The number of rotatable bonds is 4. The van der Waals surface area contributed by atoms with Crippen LogP contribution in [0.1, 0.15) is 68.3 Å². The van der Waals surface area contributed by atoms with Crippen LogP contribution in [0.2, 0.25) is 0 Å². The Morgan fingerprint density at radius 2 is 1.79 bits per heavy atom. The van der Waals surface area contributed by atoms with E-state index in [9.17, 15) is 9.59 Å². The Bertz CT molecular complexity index is 717. The van der Waals surface area contributed by atoms with E-state index >= 15 is 0 Å². The monoisotopic (exact) mass is 387 g/mol. The summed E-state index contributed by atoms with van der Waals surface area (Å²) in [7, 11) is 1.97. The Labute approximate surface area is 167 Å². The molecule has 1 saturated heterocycles. The number of amides is 3. The van der Waals surface area contributed by atoms with Gasteiger partial charge in [0.1, 0.15) is 0 Å². The minimum absolute atomic E-state index is 0.0560. The van der Waals surface area contributed by atoms with Gasteiger partial charge < -0.3 is 15.1 Å². The maximum absolute atomic E-state index is 12.8. The largest absolute Gasteiger partial charge is 0.343 e. The quantitative estimate of drug-likeness (QED) is 0.862. The van der Waals surface area contributed by atoms with Gasteiger partial charge in [0.25, 0.3) is 0 Å². The molecule has 4 rings (SSSR count). The number of likely N-dealkylation sites (tertiary alicyclic amines) is 1. The first-order chi connectivity index (χ1) is 13.6. The Kier molecular flexibility index (Phi) is 5.87. The van der Waals surface area contributed by atoms with E-state index in [0.717, 1.165) is 63.0 Å². The molecule has 1 N–H and O–H groups in total. The van der Waals surface area contributed by atoms with Crippen molar-refractivity contribution in [1.29, 1.82) is 0 Å². The summed E-state index contributed by atoms with van der Waals surface area (Å²) in [4.78, 5) is 29.1. The van der Waals surface area contributed by atoms with E-state index in [0.29, 0.717) is 25.4 Å². The molecule has 3 aliphatic rings. The maximum Gasteiger partial charge on any atom is 0.317 e. The summed E-state index contributed by atoms with van der Waals surface area (Å²) in [5.74, 6) is 0.236. The van der Waals surface area contributed by atoms with Gasteiger partial charge in [0.15, 0.2) is 0 Å². The van der Waals surface area contributed by atoms with E-state index < -0.39 is 0 Å². The number of aromatic nitrogens is 2. The van der Waals surface area contributed by atoms with Crippen LogP contribution in [0.5, 0.6) is 0 Å². The van der Waals surface area contributed by atoms with Crippen molar-refractivity contribution in [3.63, 3.8) is 0 Å². The molecule has 0 spiro atoms. The molecule has 1 aromatic rings. The average Bonchev–Trinajstić information content (AvgIpc) is 3.35. The average molecular weight is 388 g/mol. The van der Waals surface area contributed by atoms with Crippen molar-refractivity contribution in [2.75, 3.05) is 19.6 Å². The lowest BCUT2D eigenvalue weighted by Crippen LogP contribution is -2.47. The highest BCUT2D eigenvalue weighted by molar-refractivity contribution is 5.77. The van der Waals surface area contributed by atoms with Gasteiger partial charge in [0.2, 0.25) is 5.91 Å². The fraction of sp³-hybridized carbons (Fsp3) is 0.762. The SMILES string of the molecule is Cn1nc(CCC(=O)N2CCCC2)c2c1CCN(C(=O)NC1CCCCC1)C2. The number of aryl methyl sites for hydroxylation is 2. The highest BCUT2D eigenvalue weighted by Crippen LogP contribution is 2.24. The predicted octanol–water partition coefficient (Wildman–Crippen LogP) is 2.38. The third-order valence-electron chi connectivity index (χ3n) is 6.58. The number of carbonyl (C=O) groups is 2. The van der Waals surface area contributed by atoms with Crippen LogP contribution in [0.3, 0.4) is 0 Å². The molecule has 7 nitrogen and oxygen atoms in total. The molecule has 2 aliphatic heterocycles. The highest BCUT2D eigenvalue weighted by Gasteiger charge is 2.28. The number of nitrogens with one attached hydrogen (secondary N) is 1. The molecule has 0 atom stereocenters. The normalized spacial score (nSPS) is 20.3. The summed E-state index contributed by atoms with van der Waals surface area (Å²) in [5.41, 5.74) is 3.35. The Morgan fingerprint density at radius 3 is 2.54 bits per heavy atom. The van der Waals surface area contributed by atoms with E-state index in [1.165, 1.54) is 25.0 Å². The molecule has 28 heavy (non-hydrogen) atoms. The third-order valence-corrected chi connectivity index (χ3v) is 6.58. The Hall–Kier alpha value is -2.05. The van der Waals surface area contributed by atoms with E-state index in [2.05, 4.69) is 10.4 Å². The topological polar surface area (TPSA) is 70.5 Å². The zero-order chi connectivity index (χ0) is 19.5. The van der Waals surface area contributed by atoms with Crippen LogP contribution in [0.25, 0.3) is 0 Å². The van der Waals surface area contributed by atoms with Crippen LogP contribution < -0.4 is 5.32 Å². The van der Waals surface area contributed by atoms with Gasteiger partial charge in [-0.3, -0.25) is 9.48 Å². The minimum atomic E-state index is 0.0560. The number of hydrogen-bond donors (Lipinski definition) is 1. The second-order valence-corrected chi connectivity index (χ2v) is 8.54. The molecule has 3 heterocycles. The van der Waals surface area contributed by atoms with Gasteiger partial charge in [0, 0.05) is 63.2 Å². The Morgan fingerprint density at radius 1 is 1.04 bits per heavy atom. The van der Waals surface area contributed by atoms with E-state index in [1.807, 2.05) is 21.5 Å². The summed E-state index contributed by atoms with van der Waals surface area (Å²) in [6, 6.07) is 0.384. The first-order valence-electron chi connectivity index (χ1n) is 11.0. The van der Waals surface area contributed by atoms with Crippen molar-refractivity contribution in [3.05, 3.63) is 17.0 Å². The van der Waals surface area contributed by atoms with Crippen molar-refractivity contribution < 1.29 is 9.59 Å². The molecule has 1 aliphatic carbocycles. The fourth-order valence-electron chi connectivity index (χ4n) is 4.91. The minimum Gasteiger partial charge on any atom is -0.343 e. The van der Waals surface area contributed by atoms with Gasteiger partial charge in [-0.1, -0.05) is 19.3 Å². The number of urea groups is 1. The molecule has 2 fully saturated rings. The number of hydrogen-bond acceptors (Lipinski definition) is 3. The van der Waals surface area contributed by atoms with Crippen molar-refractivity contribution in [2.45, 2.75) is 76.8 Å². The van der Waals surface area contributed by atoms with Gasteiger partial charge in [-0.15, -0.1) is 0 Å². The van der Waals surface area contributed by atoms with Crippen LogP contribution in [-0.4, -0.2) is 57.2 Å². The van der Waals surface area contributed by atoms with Crippen LogP contribution in [0.4, 0.5) is 4.79 Å². The molecule has 154 valence electrons. The van der Waals surface area contributed by atoms with Gasteiger partial charge >= 0.3 is 6.03 Å². The first-order valence-corrected chi connectivity index (χ1v) is 11.0. The zero-order valence-electron chi connectivity index (χ0n) is 17.1. The van der Waals surface area contributed by atoms with Crippen LogP contribution >= 0.6 is 0 Å². The van der Waals surface area contributed by atoms with E-state index in [-0.39, 0.29) is 11.9 Å². The first kappa shape index (κ1) is 19.3. The van der Waals surface area contributed by atoms with Crippen LogP contribution in [0.15, 0.2) is 0 Å². The van der Waals surface area contributed by atoms with Crippen molar-refractivity contribution in [1.82, 2.24) is 24.9 Å². The number of nitrogens with zero attached hydrogens (tertiary/aromatic N) is 4. The number of fused-ring (bicyclic) bond motifs is 1. The smallest absolute Gasteiger partial charge is 0.317 e. The highest BCUT2D eigenvalue weighted by atomic mass is 16.2. The van der Waals surface area contributed by atoms with Gasteiger partial charge in [-0.2, -0.15) is 5.10 Å². The lowest BCUT2D eigenvalue weighted by molar-refractivity contribution is -0.130. The standard InChI is InChI=1S/C21H33N5O2/c1-24-19-11-14-26(21(28)22-16-7-3-2-4-8-16)15-17(19)18(23-24)9-10-20(27)25-12-5-6-13-25/h16H,2-15H2,1H3,(H,22,28). The summed E-state index contributed by atoms with van der Waals surface area (Å²) < 4.78 is 1.95. The van der Waals surface area contributed by atoms with Gasteiger partial charge in [0.05, 0.1) is 12.2 Å². The lowest BCUT2D eigenvalue weighted by atomic mass is 9.95. The van der Waals surface area contributed by atoms with Crippen LogP contribution in [-0.2, 0) is 31.2 Å². The third kappa shape index (κ3) is 4.18. The summed E-state index contributed by atoms with van der Waals surface area (Å²) in [6.45, 7) is 3.13. The summed E-state index contributed by atoms with van der Waals surface area (Å²) >= 11 is 0. The molecule has 1 saturated carbocycles. The second kappa shape index (κ2) is 8.53. The molecular weight excluding hydrogens is 354 g/mol. The molecule has 0 bridgehead atoms. The predicted molar refractivity (Wildman–Crippen MR) is 107 cm³/mol. The second-order valence-electron chi connectivity index (χ2n) is 8.54.